The predicted octanol–water partition coefficient (Wildman–Crippen LogP) is -0.638. The van der Waals surface area contributed by atoms with Crippen LogP contribution in [0, 0.1) is 0 Å². The second-order valence-corrected chi connectivity index (χ2v) is 2.42. The molecule has 0 unspecified atom stereocenters. The number of alkyl halides is 1. The summed E-state index contributed by atoms with van der Waals surface area (Å²) in [6.45, 7) is -0.685. The van der Waals surface area contributed by atoms with Gasteiger partial charge < -0.3 is 25.2 Å². The number of rotatable bonds is 1. The Morgan fingerprint density at radius 1 is 1.42 bits per heavy atom. The monoisotopic (exact) mass is 180 g/mol. The summed E-state index contributed by atoms with van der Waals surface area (Å²) in [5.41, 5.74) is 0. The summed E-state index contributed by atoms with van der Waals surface area (Å²) in [5, 5.41) is 34.9. The van der Waals surface area contributed by atoms with Gasteiger partial charge in [0.15, 0.2) is 18.4 Å². The summed E-state index contributed by atoms with van der Waals surface area (Å²) in [4.78, 5) is 0. The number of ether oxygens (including phenoxy) is 1. The lowest BCUT2D eigenvalue weighted by Crippen LogP contribution is -2.43. The van der Waals surface area contributed by atoms with Crippen LogP contribution in [0.4, 0.5) is 4.39 Å². The highest BCUT2D eigenvalue weighted by molar-refractivity contribution is 5.07. The van der Waals surface area contributed by atoms with Crippen LogP contribution in [-0.2, 0) is 4.74 Å². The first-order valence-electron chi connectivity index (χ1n) is 3.29. The van der Waals surface area contributed by atoms with E-state index in [9.17, 15) is 4.39 Å². The summed E-state index contributed by atoms with van der Waals surface area (Å²) in [6, 6.07) is 0. The fourth-order valence-corrected chi connectivity index (χ4v) is 0.887. The Kier molecular flexibility index (Phi) is 2.39. The van der Waals surface area contributed by atoms with Crippen molar-refractivity contribution in [1.29, 1.82) is 0 Å². The van der Waals surface area contributed by atoms with Crippen molar-refractivity contribution in [2.45, 2.75) is 18.4 Å². The zero-order valence-corrected chi connectivity index (χ0v) is 6.01. The van der Waals surface area contributed by atoms with Gasteiger partial charge in [-0.05, 0) is 0 Å². The molecule has 12 heavy (non-hydrogen) atoms. The fraction of sp³-hybridized carbons (Fsp3) is 0.667. The molecule has 1 aliphatic heterocycles. The van der Waals surface area contributed by atoms with Crippen LogP contribution < -0.4 is 0 Å². The topological polar surface area (TPSA) is 90.2 Å². The molecule has 0 aliphatic carbocycles. The first kappa shape index (κ1) is 9.08. The van der Waals surface area contributed by atoms with Gasteiger partial charge in [0.05, 0.1) is 6.61 Å². The molecular formula is C6H9FO5. The Morgan fingerprint density at radius 3 is 2.50 bits per heavy atom. The maximum Gasteiger partial charge on any atom is 0.319 e. The highest BCUT2D eigenvalue weighted by Gasteiger charge is 2.39. The van der Waals surface area contributed by atoms with Gasteiger partial charge in [0, 0.05) is 0 Å². The molecule has 0 spiro atoms. The van der Waals surface area contributed by atoms with Crippen LogP contribution in [0.5, 0.6) is 0 Å². The molecule has 0 amide bonds. The van der Waals surface area contributed by atoms with E-state index in [1.165, 1.54) is 0 Å². The average molecular weight is 180 g/mol. The molecule has 0 aromatic rings. The normalized spacial score (nSPS) is 36.4. The van der Waals surface area contributed by atoms with E-state index >= 15 is 0 Å². The fourth-order valence-electron chi connectivity index (χ4n) is 0.887. The van der Waals surface area contributed by atoms with Crippen LogP contribution in [0.1, 0.15) is 0 Å². The van der Waals surface area contributed by atoms with Gasteiger partial charge in [-0.1, -0.05) is 0 Å². The van der Waals surface area contributed by atoms with Gasteiger partial charge in [0.2, 0.25) is 5.76 Å². The lowest BCUT2D eigenvalue weighted by atomic mass is 10.1. The van der Waals surface area contributed by atoms with Crippen molar-refractivity contribution in [3.05, 3.63) is 11.7 Å². The summed E-state index contributed by atoms with van der Waals surface area (Å²) in [6.07, 6.45) is -5.11. The Labute approximate surface area is 67.3 Å². The number of hydrogen-bond acceptors (Lipinski definition) is 5. The molecule has 0 aromatic heterocycles. The van der Waals surface area contributed by atoms with Crippen molar-refractivity contribution >= 4 is 0 Å². The van der Waals surface area contributed by atoms with Crippen LogP contribution in [0.2, 0.25) is 0 Å². The Morgan fingerprint density at radius 2 is 2.00 bits per heavy atom. The molecular weight excluding hydrogens is 171 g/mol. The zero-order chi connectivity index (χ0) is 9.30. The molecule has 0 fully saturated rings. The maximum absolute atomic E-state index is 12.8. The Balaban J connectivity index is 2.83. The number of aliphatic hydroxyl groups excluding tert-OH is 4. The van der Waals surface area contributed by atoms with Gasteiger partial charge in [-0.15, -0.1) is 0 Å². The van der Waals surface area contributed by atoms with Gasteiger partial charge in [-0.25, -0.2) is 4.39 Å². The second kappa shape index (κ2) is 3.16. The Bertz CT molecular complexity index is 204. The van der Waals surface area contributed by atoms with E-state index < -0.39 is 36.7 Å². The third kappa shape index (κ3) is 1.30. The van der Waals surface area contributed by atoms with Crippen LogP contribution in [0.15, 0.2) is 11.7 Å². The largest absolute Gasteiger partial charge is 0.504 e. The molecule has 0 aromatic carbocycles. The van der Waals surface area contributed by atoms with Crippen molar-refractivity contribution in [2.24, 2.45) is 0 Å². The lowest BCUT2D eigenvalue weighted by Gasteiger charge is -2.28. The SMILES string of the molecule is OC[C@H]1OC(O)=C(O)[C@@H](O)[C@@H]1F. The van der Waals surface area contributed by atoms with E-state index in [-0.39, 0.29) is 0 Å². The van der Waals surface area contributed by atoms with Gasteiger partial charge in [-0.3, -0.25) is 0 Å². The smallest absolute Gasteiger partial charge is 0.319 e. The number of hydrogen-bond donors (Lipinski definition) is 4. The van der Waals surface area contributed by atoms with Gasteiger partial charge in [0.25, 0.3) is 0 Å². The van der Waals surface area contributed by atoms with Gasteiger partial charge in [0.1, 0.15) is 0 Å². The van der Waals surface area contributed by atoms with Crippen molar-refractivity contribution in [3.63, 3.8) is 0 Å². The third-order valence-electron chi connectivity index (χ3n) is 1.60. The molecule has 6 heteroatoms. The highest BCUT2D eigenvalue weighted by atomic mass is 19.1. The van der Waals surface area contributed by atoms with E-state index in [4.69, 9.17) is 20.4 Å². The minimum absolute atomic E-state index is 0.685. The third-order valence-corrected chi connectivity index (χ3v) is 1.60. The lowest BCUT2D eigenvalue weighted by molar-refractivity contribution is -0.111. The summed E-state index contributed by atoms with van der Waals surface area (Å²) in [7, 11) is 0. The van der Waals surface area contributed by atoms with Crippen molar-refractivity contribution in [2.75, 3.05) is 6.61 Å². The molecule has 5 nitrogen and oxygen atoms in total. The van der Waals surface area contributed by atoms with E-state index in [2.05, 4.69) is 4.74 Å². The van der Waals surface area contributed by atoms with Crippen LogP contribution in [-0.4, -0.2) is 45.4 Å². The van der Waals surface area contributed by atoms with E-state index in [0.717, 1.165) is 0 Å². The Hall–Kier alpha value is -1.01. The minimum Gasteiger partial charge on any atom is -0.504 e. The summed E-state index contributed by atoms with van der Waals surface area (Å²) >= 11 is 0. The van der Waals surface area contributed by atoms with E-state index in [1.807, 2.05) is 0 Å². The standard InChI is InChI=1S/C6H9FO5/c7-3-2(1-8)12-6(11)5(10)4(3)9/h2-4,8-11H,1H2/t2-,3-,4+/m1/s1. The maximum atomic E-state index is 12.8. The average Bonchev–Trinajstić information content (AvgIpc) is 2.08. The van der Waals surface area contributed by atoms with Gasteiger partial charge in [-0.2, -0.15) is 0 Å². The molecule has 0 radical (unpaired) electrons. The van der Waals surface area contributed by atoms with E-state index in [0.29, 0.717) is 0 Å². The molecule has 1 rings (SSSR count). The van der Waals surface area contributed by atoms with Crippen molar-refractivity contribution < 1.29 is 29.6 Å². The molecule has 70 valence electrons. The molecule has 1 heterocycles. The van der Waals surface area contributed by atoms with E-state index in [1.54, 1.807) is 0 Å². The molecule has 1 aliphatic rings. The van der Waals surface area contributed by atoms with Gasteiger partial charge >= 0.3 is 5.95 Å². The number of halogens is 1. The highest BCUT2D eigenvalue weighted by Crippen LogP contribution is 2.23. The molecule has 4 N–H and O–H groups in total. The van der Waals surface area contributed by atoms with Crippen LogP contribution in [0.3, 0.4) is 0 Å². The van der Waals surface area contributed by atoms with Crippen molar-refractivity contribution in [3.8, 4) is 0 Å². The molecule has 0 saturated heterocycles. The first-order valence-corrected chi connectivity index (χ1v) is 3.29. The van der Waals surface area contributed by atoms with Crippen molar-refractivity contribution in [1.82, 2.24) is 0 Å². The first-order chi connectivity index (χ1) is 5.57. The molecule has 3 atom stereocenters. The van der Waals surface area contributed by atoms with Crippen LogP contribution >= 0.6 is 0 Å². The van der Waals surface area contributed by atoms with Crippen LogP contribution in [0.25, 0.3) is 0 Å². The quantitative estimate of drug-likeness (QED) is 0.431. The molecule has 0 bridgehead atoms. The zero-order valence-electron chi connectivity index (χ0n) is 6.01. The molecule has 0 saturated carbocycles. The summed E-state index contributed by atoms with van der Waals surface area (Å²) in [5.74, 6) is -1.90. The summed E-state index contributed by atoms with van der Waals surface area (Å²) < 4.78 is 17.2. The minimum atomic E-state index is -1.94. The second-order valence-electron chi connectivity index (χ2n) is 2.42. The number of aliphatic hydroxyl groups is 4. The predicted molar refractivity (Wildman–Crippen MR) is 35.1 cm³/mol.